The van der Waals surface area contributed by atoms with E-state index in [2.05, 4.69) is 10.3 Å². The fraction of sp³-hybridized carbons (Fsp3) is 0.0625. The first-order valence-electron chi connectivity index (χ1n) is 6.31. The molecule has 3 rings (SSSR count). The number of nitrogens with one attached hydrogen (secondary N) is 1. The zero-order valence-electron chi connectivity index (χ0n) is 11.1. The predicted octanol–water partition coefficient (Wildman–Crippen LogP) is 3.57. The Bertz CT molecular complexity index is 738. The number of benzene rings is 2. The first-order chi connectivity index (χ1) is 9.76. The minimum Gasteiger partial charge on any atom is -0.497 e. The third-order valence-corrected chi connectivity index (χ3v) is 3.14. The summed E-state index contributed by atoms with van der Waals surface area (Å²) in [6, 6.07) is 15.5. The van der Waals surface area contributed by atoms with Gasteiger partial charge < -0.3 is 15.8 Å². The molecule has 2 aromatic carbocycles. The Morgan fingerprint density at radius 1 is 1.05 bits per heavy atom. The summed E-state index contributed by atoms with van der Waals surface area (Å²) in [6.07, 6.45) is 1.77. The molecule has 0 atom stereocenters. The molecule has 1 aromatic heterocycles. The molecule has 0 saturated carbocycles. The molecule has 3 aromatic rings. The Morgan fingerprint density at radius 2 is 1.85 bits per heavy atom. The van der Waals surface area contributed by atoms with Crippen LogP contribution in [0.4, 0.5) is 17.2 Å². The van der Waals surface area contributed by atoms with Crippen molar-refractivity contribution < 1.29 is 4.74 Å². The minimum atomic E-state index is 0.749. The van der Waals surface area contributed by atoms with Crippen LogP contribution in [0.15, 0.2) is 54.7 Å². The average molecular weight is 265 g/mol. The molecule has 0 amide bonds. The second-order valence-corrected chi connectivity index (χ2v) is 4.49. The topological polar surface area (TPSA) is 60.2 Å². The zero-order chi connectivity index (χ0) is 13.9. The molecule has 100 valence electrons. The summed E-state index contributed by atoms with van der Waals surface area (Å²) in [5, 5.41) is 5.42. The number of hydrogen-bond acceptors (Lipinski definition) is 4. The Balaban J connectivity index is 1.97. The Labute approximate surface area is 117 Å². The van der Waals surface area contributed by atoms with Crippen LogP contribution in [-0.4, -0.2) is 12.1 Å². The van der Waals surface area contributed by atoms with Crippen molar-refractivity contribution in [1.82, 2.24) is 4.98 Å². The van der Waals surface area contributed by atoms with Crippen molar-refractivity contribution >= 4 is 28.0 Å². The van der Waals surface area contributed by atoms with Crippen LogP contribution in [0.25, 0.3) is 10.8 Å². The summed E-state index contributed by atoms with van der Waals surface area (Å²) in [5.74, 6) is 1.64. The van der Waals surface area contributed by atoms with E-state index < -0.39 is 0 Å². The molecule has 3 N–H and O–H groups in total. The van der Waals surface area contributed by atoms with Gasteiger partial charge in [0.2, 0.25) is 0 Å². The van der Waals surface area contributed by atoms with Gasteiger partial charge in [-0.05, 0) is 53.9 Å². The van der Waals surface area contributed by atoms with Crippen molar-refractivity contribution in [2.24, 2.45) is 0 Å². The van der Waals surface area contributed by atoms with Gasteiger partial charge in [0.1, 0.15) is 11.6 Å². The van der Waals surface area contributed by atoms with Crippen LogP contribution < -0.4 is 15.8 Å². The van der Waals surface area contributed by atoms with Crippen LogP contribution in [0, 0.1) is 0 Å². The average Bonchev–Trinajstić information content (AvgIpc) is 2.48. The quantitative estimate of drug-likeness (QED) is 0.711. The van der Waals surface area contributed by atoms with Crippen molar-refractivity contribution in [2.75, 3.05) is 18.2 Å². The van der Waals surface area contributed by atoms with Crippen molar-refractivity contribution in [2.45, 2.75) is 0 Å². The monoisotopic (exact) mass is 265 g/mol. The molecule has 0 radical (unpaired) electrons. The molecule has 0 aliphatic rings. The van der Waals surface area contributed by atoms with Crippen LogP contribution in [0.2, 0.25) is 0 Å². The number of fused-ring (bicyclic) bond motifs is 1. The Morgan fingerprint density at radius 3 is 2.60 bits per heavy atom. The highest BCUT2D eigenvalue weighted by atomic mass is 16.5. The van der Waals surface area contributed by atoms with E-state index in [-0.39, 0.29) is 0 Å². The third kappa shape index (κ3) is 2.36. The number of pyridine rings is 1. The second-order valence-electron chi connectivity index (χ2n) is 4.49. The number of anilines is 3. The van der Waals surface area contributed by atoms with Crippen LogP contribution in [0.3, 0.4) is 0 Å². The van der Waals surface area contributed by atoms with Gasteiger partial charge in [-0.25, -0.2) is 4.98 Å². The van der Waals surface area contributed by atoms with Crippen LogP contribution in [-0.2, 0) is 0 Å². The summed E-state index contributed by atoms with van der Waals surface area (Å²) in [4.78, 5) is 4.39. The fourth-order valence-corrected chi connectivity index (χ4v) is 2.11. The highest BCUT2D eigenvalue weighted by Crippen LogP contribution is 2.26. The predicted molar refractivity (Wildman–Crippen MR) is 82.4 cm³/mol. The van der Waals surface area contributed by atoms with Crippen molar-refractivity contribution in [3.63, 3.8) is 0 Å². The number of rotatable bonds is 3. The zero-order valence-corrected chi connectivity index (χ0v) is 11.1. The summed E-state index contributed by atoms with van der Waals surface area (Å²) >= 11 is 0. The lowest BCUT2D eigenvalue weighted by Crippen LogP contribution is -1.95. The number of methoxy groups -OCH3 is 1. The highest BCUT2D eigenvalue weighted by Gasteiger charge is 2.03. The number of aromatic nitrogens is 1. The summed E-state index contributed by atoms with van der Waals surface area (Å²) in [5.41, 5.74) is 7.51. The molecule has 4 heteroatoms. The van der Waals surface area contributed by atoms with Crippen LogP contribution in [0.5, 0.6) is 5.75 Å². The lowest BCUT2D eigenvalue weighted by Gasteiger charge is -2.09. The lowest BCUT2D eigenvalue weighted by atomic mass is 10.1. The Hall–Kier alpha value is -2.75. The van der Waals surface area contributed by atoms with Gasteiger partial charge in [0.15, 0.2) is 0 Å². The summed E-state index contributed by atoms with van der Waals surface area (Å²) in [7, 11) is 1.65. The van der Waals surface area contributed by atoms with E-state index in [0.717, 1.165) is 33.7 Å². The van der Waals surface area contributed by atoms with Gasteiger partial charge in [0, 0.05) is 23.0 Å². The number of nitrogens with zero attached hydrogens (tertiary/aromatic N) is 1. The van der Waals surface area contributed by atoms with Gasteiger partial charge in [-0.3, -0.25) is 0 Å². The number of hydrogen-bond donors (Lipinski definition) is 2. The van der Waals surface area contributed by atoms with Crippen LogP contribution >= 0.6 is 0 Å². The van der Waals surface area contributed by atoms with E-state index in [1.54, 1.807) is 13.3 Å². The van der Waals surface area contributed by atoms with E-state index >= 15 is 0 Å². The van der Waals surface area contributed by atoms with Gasteiger partial charge in [-0.2, -0.15) is 0 Å². The van der Waals surface area contributed by atoms with Crippen LogP contribution in [0.1, 0.15) is 0 Å². The summed E-state index contributed by atoms with van der Waals surface area (Å²) < 4.78 is 5.15. The van der Waals surface area contributed by atoms with Gasteiger partial charge in [-0.1, -0.05) is 0 Å². The molecule has 0 aliphatic heterocycles. The molecule has 0 spiro atoms. The maximum absolute atomic E-state index is 5.80. The van der Waals surface area contributed by atoms with Crippen molar-refractivity contribution in [3.05, 3.63) is 54.7 Å². The van der Waals surface area contributed by atoms with Crippen molar-refractivity contribution in [1.29, 1.82) is 0 Å². The lowest BCUT2D eigenvalue weighted by molar-refractivity contribution is 0.415. The first kappa shape index (κ1) is 12.3. The fourth-order valence-electron chi connectivity index (χ4n) is 2.11. The second kappa shape index (κ2) is 5.09. The van der Waals surface area contributed by atoms with Gasteiger partial charge in [0.05, 0.1) is 7.11 Å². The van der Waals surface area contributed by atoms with Crippen molar-refractivity contribution in [3.8, 4) is 5.75 Å². The number of ether oxygens (including phenoxy) is 1. The maximum Gasteiger partial charge on any atom is 0.138 e. The highest BCUT2D eigenvalue weighted by molar-refractivity contribution is 5.94. The Kier molecular flexibility index (Phi) is 3.13. The van der Waals surface area contributed by atoms with Gasteiger partial charge in [0.25, 0.3) is 0 Å². The van der Waals surface area contributed by atoms with E-state index in [1.807, 2.05) is 48.5 Å². The number of nitrogens with two attached hydrogens (primary N) is 1. The molecule has 20 heavy (non-hydrogen) atoms. The SMILES string of the molecule is COc1ccc(Nc2nccc3cc(N)ccc23)cc1. The molecule has 0 aliphatic carbocycles. The molecular weight excluding hydrogens is 250 g/mol. The third-order valence-electron chi connectivity index (χ3n) is 3.14. The summed E-state index contributed by atoms with van der Waals surface area (Å²) in [6.45, 7) is 0. The van der Waals surface area contributed by atoms with E-state index in [9.17, 15) is 0 Å². The van der Waals surface area contributed by atoms with E-state index in [0.29, 0.717) is 0 Å². The van der Waals surface area contributed by atoms with Gasteiger partial charge >= 0.3 is 0 Å². The standard InChI is InChI=1S/C16H15N3O/c1-20-14-5-3-13(4-6-14)19-16-15-7-2-12(17)10-11(15)8-9-18-16/h2-10H,17H2,1H3,(H,18,19). The molecule has 0 unspecified atom stereocenters. The number of nitrogen functional groups attached to an aromatic ring is 1. The normalized spacial score (nSPS) is 10.4. The van der Waals surface area contributed by atoms with E-state index in [4.69, 9.17) is 10.5 Å². The molecule has 0 saturated heterocycles. The molecule has 4 nitrogen and oxygen atoms in total. The molecule has 0 fully saturated rings. The first-order valence-corrected chi connectivity index (χ1v) is 6.31. The van der Waals surface area contributed by atoms with Gasteiger partial charge in [-0.15, -0.1) is 0 Å². The molecule has 1 heterocycles. The minimum absolute atomic E-state index is 0.749. The molecule has 0 bridgehead atoms. The molecular formula is C16H15N3O. The van der Waals surface area contributed by atoms with E-state index in [1.165, 1.54) is 0 Å². The smallest absolute Gasteiger partial charge is 0.138 e. The largest absolute Gasteiger partial charge is 0.497 e. The maximum atomic E-state index is 5.80.